The van der Waals surface area contributed by atoms with Crippen LogP contribution in [0.25, 0.3) is 10.9 Å². The maximum absolute atomic E-state index is 13.4. The zero-order chi connectivity index (χ0) is 24.0. The number of halogens is 1. The molecule has 1 N–H and O–H groups in total. The van der Waals surface area contributed by atoms with Crippen molar-refractivity contribution in [3.8, 4) is 5.75 Å². The lowest BCUT2D eigenvalue weighted by atomic mass is 9.53. The lowest BCUT2D eigenvalue weighted by Gasteiger charge is -2.56. The molecule has 4 aliphatic rings. The Kier molecular flexibility index (Phi) is 6.00. The van der Waals surface area contributed by atoms with E-state index in [0.29, 0.717) is 13.0 Å². The Balaban J connectivity index is 1.27. The summed E-state index contributed by atoms with van der Waals surface area (Å²) in [6, 6.07) is 14.6. The smallest absolute Gasteiger partial charge is 0.224 e. The van der Waals surface area contributed by atoms with E-state index >= 15 is 0 Å². The highest BCUT2D eigenvalue weighted by Gasteiger charge is 2.51. The molecular formula is C30H33BrN2O2. The van der Waals surface area contributed by atoms with Crippen LogP contribution in [0.5, 0.6) is 5.75 Å². The van der Waals surface area contributed by atoms with Gasteiger partial charge in [-0.15, -0.1) is 0 Å². The molecule has 3 aromatic rings. The van der Waals surface area contributed by atoms with Crippen LogP contribution in [0.15, 0.2) is 65.8 Å². The second-order valence-electron chi connectivity index (χ2n) is 11.1. The number of hydrogen-bond acceptors (Lipinski definition) is 2. The number of carbonyl (C=O) groups excluding carboxylic acids is 1. The third-order valence-corrected chi connectivity index (χ3v) is 8.89. The summed E-state index contributed by atoms with van der Waals surface area (Å²) in [7, 11) is 0. The largest absolute Gasteiger partial charge is 0.490 e. The van der Waals surface area contributed by atoms with Gasteiger partial charge in [-0.2, -0.15) is 0 Å². The minimum Gasteiger partial charge on any atom is -0.490 e. The normalized spacial score (nSPS) is 26.7. The molecule has 0 spiro atoms. The van der Waals surface area contributed by atoms with E-state index in [1.165, 1.54) is 44.1 Å². The number of benzene rings is 2. The number of carbonyl (C=O) groups is 1. The molecule has 2 aromatic carbocycles. The van der Waals surface area contributed by atoms with E-state index in [1.54, 1.807) is 6.08 Å². The second-order valence-corrected chi connectivity index (χ2v) is 12.0. The molecule has 0 atom stereocenters. The first-order valence-electron chi connectivity index (χ1n) is 12.9. The van der Waals surface area contributed by atoms with Crippen LogP contribution in [-0.4, -0.2) is 22.6 Å². The van der Waals surface area contributed by atoms with Crippen LogP contribution in [0.1, 0.15) is 49.7 Å². The van der Waals surface area contributed by atoms with Gasteiger partial charge >= 0.3 is 0 Å². The molecule has 35 heavy (non-hydrogen) atoms. The van der Waals surface area contributed by atoms with Gasteiger partial charge in [0.1, 0.15) is 12.4 Å². The summed E-state index contributed by atoms with van der Waals surface area (Å²) in [5.41, 5.74) is 3.45. The summed E-state index contributed by atoms with van der Waals surface area (Å²) in [5.74, 6) is 3.42. The van der Waals surface area contributed by atoms with E-state index in [0.717, 1.165) is 51.0 Å². The van der Waals surface area contributed by atoms with Gasteiger partial charge in [0, 0.05) is 33.7 Å². The molecule has 0 aliphatic heterocycles. The van der Waals surface area contributed by atoms with Crippen LogP contribution < -0.4 is 10.1 Å². The van der Waals surface area contributed by atoms with Gasteiger partial charge in [-0.3, -0.25) is 4.79 Å². The molecule has 1 amide bonds. The fourth-order valence-corrected chi connectivity index (χ4v) is 7.69. The predicted molar refractivity (Wildman–Crippen MR) is 144 cm³/mol. The fourth-order valence-electron chi connectivity index (χ4n) is 7.43. The average molecular weight is 534 g/mol. The van der Waals surface area contributed by atoms with Crippen molar-refractivity contribution in [3.05, 3.63) is 76.9 Å². The van der Waals surface area contributed by atoms with Crippen molar-refractivity contribution in [2.75, 3.05) is 6.61 Å². The Bertz CT molecular complexity index is 1220. The van der Waals surface area contributed by atoms with E-state index in [-0.39, 0.29) is 11.4 Å². The van der Waals surface area contributed by atoms with Gasteiger partial charge in [-0.1, -0.05) is 40.7 Å². The molecule has 0 radical (unpaired) electrons. The monoisotopic (exact) mass is 532 g/mol. The molecule has 0 unspecified atom stereocenters. The Morgan fingerprint density at radius 3 is 2.43 bits per heavy atom. The van der Waals surface area contributed by atoms with Gasteiger partial charge < -0.3 is 14.6 Å². The number of aromatic nitrogens is 1. The zero-order valence-corrected chi connectivity index (χ0v) is 21.7. The first-order valence-corrected chi connectivity index (χ1v) is 13.7. The number of nitrogens with zero attached hydrogens (tertiary/aromatic N) is 1. The molecule has 4 fully saturated rings. The molecule has 1 aromatic heterocycles. The van der Waals surface area contributed by atoms with Crippen LogP contribution in [0, 0.1) is 17.8 Å². The number of rotatable bonds is 8. The molecule has 4 bridgehead atoms. The maximum atomic E-state index is 13.4. The topological polar surface area (TPSA) is 43.3 Å². The second kappa shape index (κ2) is 9.16. The van der Waals surface area contributed by atoms with Crippen LogP contribution in [0.3, 0.4) is 0 Å². The first kappa shape index (κ1) is 22.9. The molecule has 4 aliphatic carbocycles. The SMILES string of the molecule is C=CCOc1ccc2c(c1)c(CC(=O)NC13CC4CC(CC(C4)C1)C3)cn2Cc1ccc(Br)cc1. The molecule has 1 heterocycles. The number of nitrogens with one attached hydrogen (secondary N) is 1. The van der Waals surface area contributed by atoms with Gasteiger partial charge in [-0.05, 0) is 97.7 Å². The Hall–Kier alpha value is -2.53. The lowest BCUT2D eigenvalue weighted by molar-refractivity contribution is -0.126. The van der Waals surface area contributed by atoms with E-state index in [2.05, 4.69) is 75.0 Å². The highest BCUT2D eigenvalue weighted by molar-refractivity contribution is 9.10. The first-order chi connectivity index (χ1) is 17.0. The molecule has 0 saturated heterocycles. The number of amides is 1. The van der Waals surface area contributed by atoms with E-state index < -0.39 is 0 Å². The number of fused-ring (bicyclic) bond motifs is 1. The van der Waals surface area contributed by atoms with Crippen LogP contribution in [0.2, 0.25) is 0 Å². The van der Waals surface area contributed by atoms with Gasteiger partial charge in [-0.25, -0.2) is 0 Å². The van der Waals surface area contributed by atoms with Crippen LogP contribution >= 0.6 is 15.9 Å². The lowest BCUT2D eigenvalue weighted by Crippen LogP contribution is -2.60. The minimum atomic E-state index is 0.0415. The maximum Gasteiger partial charge on any atom is 0.224 e. The highest BCUT2D eigenvalue weighted by atomic mass is 79.9. The van der Waals surface area contributed by atoms with Gasteiger partial charge in [0.2, 0.25) is 5.91 Å². The number of hydrogen-bond donors (Lipinski definition) is 1. The Morgan fingerprint density at radius 1 is 1.09 bits per heavy atom. The van der Waals surface area contributed by atoms with Crippen molar-refractivity contribution in [3.63, 3.8) is 0 Å². The van der Waals surface area contributed by atoms with Crippen molar-refractivity contribution in [1.29, 1.82) is 0 Å². The Morgan fingerprint density at radius 2 is 1.77 bits per heavy atom. The quantitative estimate of drug-likeness (QED) is 0.330. The van der Waals surface area contributed by atoms with Gasteiger partial charge in [0.25, 0.3) is 0 Å². The molecule has 5 heteroatoms. The molecular weight excluding hydrogens is 500 g/mol. The van der Waals surface area contributed by atoms with E-state index in [4.69, 9.17) is 4.74 Å². The number of ether oxygens (including phenoxy) is 1. The zero-order valence-electron chi connectivity index (χ0n) is 20.1. The van der Waals surface area contributed by atoms with E-state index in [1.807, 2.05) is 6.07 Å². The fraction of sp³-hybridized carbons (Fsp3) is 0.433. The third-order valence-electron chi connectivity index (χ3n) is 8.36. The summed E-state index contributed by atoms with van der Waals surface area (Å²) >= 11 is 3.52. The minimum absolute atomic E-state index is 0.0415. The van der Waals surface area contributed by atoms with Crippen molar-refractivity contribution >= 4 is 32.7 Å². The molecule has 4 nitrogen and oxygen atoms in total. The third kappa shape index (κ3) is 4.67. The Labute approximate surface area is 215 Å². The van der Waals surface area contributed by atoms with Gasteiger partial charge in [0.05, 0.1) is 6.42 Å². The molecule has 182 valence electrons. The summed E-state index contributed by atoms with van der Waals surface area (Å²) in [6.45, 7) is 4.98. The summed E-state index contributed by atoms with van der Waals surface area (Å²) in [5, 5.41) is 4.64. The van der Waals surface area contributed by atoms with Crippen LogP contribution in [-0.2, 0) is 17.8 Å². The molecule has 7 rings (SSSR count). The average Bonchev–Trinajstić information content (AvgIpc) is 3.14. The van der Waals surface area contributed by atoms with E-state index in [9.17, 15) is 4.79 Å². The predicted octanol–water partition coefficient (Wildman–Crippen LogP) is 6.64. The van der Waals surface area contributed by atoms with Gasteiger partial charge in [0.15, 0.2) is 0 Å². The molecule has 4 saturated carbocycles. The summed E-state index contributed by atoms with van der Waals surface area (Å²) in [6.07, 6.45) is 12.0. The van der Waals surface area contributed by atoms with Crippen molar-refractivity contribution in [2.45, 2.75) is 57.0 Å². The summed E-state index contributed by atoms with van der Waals surface area (Å²) < 4.78 is 9.15. The summed E-state index contributed by atoms with van der Waals surface area (Å²) in [4.78, 5) is 13.4. The highest BCUT2D eigenvalue weighted by Crippen LogP contribution is 2.55. The standard InChI is InChI=1S/C30H33BrN2O2/c1-2-9-35-26-7-8-28-27(14-26)24(19-33(28)18-20-3-5-25(31)6-4-20)13-29(34)32-30-15-21-10-22(16-30)12-23(11-21)17-30/h2-8,14,19,21-23H,1,9-13,15-18H2,(H,32,34). The van der Waals surface area contributed by atoms with Crippen molar-refractivity contribution < 1.29 is 9.53 Å². The van der Waals surface area contributed by atoms with Crippen LogP contribution in [0.4, 0.5) is 0 Å². The van der Waals surface area contributed by atoms with Crippen molar-refractivity contribution in [2.24, 2.45) is 17.8 Å². The van der Waals surface area contributed by atoms with Crippen molar-refractivity contribution in [1.82, 2.24) is 9.88 Å².